The quantitative estimate of drug-likeness (QED) is 0.659. The first-order chi connectivity index (χ1) is 13.2. The van der Waals surface area contributed by atoms with Gasteiger partial charge in [0.1, 0.15) is 17.5 Å². The van der Waals surface area contributed by atoms with Crippen LogP contribution in [0.2, 0.25) is 0 Å². The maximum atomic E-state index is 12.0. The largest absolute Gasteiger partial charge is 0.490 e. The standard InChI is InChI=1S/C20H19N3O3S/c1-13-8-15-9-14(2-3-18(15)25-13)19-10-16(23-26-19)11-22-20(24)12-27-17-4-6-21-7-5-17/h2-7,9-10,13H,8,11-12H2,1H3,(H,22,24)/t13-/m1/s1. The predicted octanol–water partition coefficient (Wildman–Crippen LogP) is 3.47. The van der Waals surface area contributed by atoms with Crippen molar-refractivity contribution in [3.8, 4) is 17.1 Å². The average Bonchev–Trinajstić information content (AvgIpc) is 3.30. The van der Waals surface area contributed by atoms with E-state index in [1.165, 1.54) is 17.3 Å². The molecule has 2 aromatic heterocycles. The molecule has 3 aromatic rings. The van der Waals surface area contributed by atoms with Gasteiger partial charge >= 0.3 is 0 Å². The molecule has 1 N–H and O–H groups in total. The summed E-state index contributed by atoms with van der Waals surface area (Å²) in [5, 5.41) is 6.92. The van der Waals surface area contributed by atoms with Gasteiger partial charge in [-0.15, -0.1) is 11.8 Å². The van der Waals surface area contributed by atoms with Crippen molar-refractivity contribution in [3.05, 3.63) is 60.0 Å². The van der Waals surface area contributed by atoms with Gasteiger partial charge < -0.3 is 14.6 Å². The lowest BCUT2D eigenvalue weighted by atomic mass is 10.1. The molecule has 7 heteroatoms. The zero-order valence-electron chi connectivity index (χ0n) is 14.8. The summed E-state index contributed by atoms with van der Waals surface area (Å²) < 4.78 is 11.2. The van der Waals surface area contributed by atoms with Crippen molar-refractivity contribution in [2.75, 3.05) is 5.75 Å². The van der Waals surface area contributed by atoms with Crippen LogP contribution in [0.1, 0.15) is 18.2 Å². The molecule has 1 atom stereocenters. The van der Waals surface area contributed by atoms with Crippen LogP contribution in [0.5, 0.6) is 5.75 Å². The molecule has 0 radical (unpaired) electrons. The van der Waals surface area contributed by atoms with Crippen LogP contribution in [0.15, 0.2) is 58.2 Å². The topological polar surface area (TPSA) is 77.3 Å². The first-order valence-electron chi connectivity index (χ1n) is 8.72. The Bertz CT molecular complexity index is 943. The van der Waals surface area contributed by atoms with E-state index in [2.05, 4.69) is 28.4 Å². The molecule has 1 aliphatic rings. The Morgan fingerprint density at radius 1 is 1.26 bits per heavy atom. The first kappa shape index (κ1) is 17.6. The van der Waals surface area contributed by atoms with Crippen LogP contribution in [0.25, 0.3) is 11.3 Å². The Morgan fingerprint density at radius 2 is 2.11 bits per heavy atom. The molecule has 0 fully saturated rings. The zero-order valence-corrected chi connectivity index (χ0v) is 15.7. The summed E-state index contributed by atoms with van der Waals surface area (Å²) in [6.45, 7) is 2.40. The van der Waals surface area contributed by atoms with E-state index in [4.69, 9.17) is 9.26 Å². The molecule has 0 saturated heterocycles. The Morgan fingerprint density at radius 3 is 2.96 bits per heavy atom. The van der Waals surface area contributed by atoms with Gasteiger partial charge in [-0.05, 0) is 42.8 Å². The summed E-state index contributed by atoms with van der Waals surface area (Å²) >= 11 is 1.47. The molecule has 0 bridgehead atoms. The Balaban J connectivity index is 1.32. The van der Waals surface area contributed by atoms with Crippen LogP contribution < -0.4 is 10.1 Å². The molecule has 0 unspecified atom stereocenters. The number of carbonyl (C=O) groups excluding carboxylic acids is 1. The van der Waals surface area contributed by atoms with Crippen molar-refractivity contribution in [3.63, 3.8) is 0 Å². The number of rotatable bonds is 6. The highest BCUT2D eigenvalue weighted by Gasteiger charge is 2.20. The van der Waals surface area contributed by atoms with E-state index in [0.29, 0.717) is 23.8 Å². The molecule has 27 heavy (non-hydrogen) atoms. The minimum atomic E-state index is -0.0509. The molecule has 0 saturated carbocycles. The van der Waals surface area contributed by atoms with Gasteiger partial charge in [-0.2, -0.15) is 0 Å². The van der Waals surface area contributed by atoms with E-state index in [-0.39, 0.29) is 12.0 Å². The molecule has 6 nitrogen and oxygen atoms in total. The highest BCUT2D eigenvalue weighted by atomic mass is 32.2. The summed E-state index contributed by atoms with van der Waals surface area (Å²) in [4.78, 5) is 17.0. The van der Waals surface area contributed by atoms with Crippen LogP contribution in [0.3, 0.4) is 0 Å². The van der Waals surface area contributed by atoms with Crippen molar-refractivity contribution < 1.29 is 14.1 Å². The van der Waals surface area contributed by atoms with Crippen molar-refractivity contribution in [1.29, 1.82) is 0 Å². The van der Waals surface area contributed by atoms with Crippen molar-refractivity contribution in [1.82, 2.24) is 15.5 Å². The number of fused-ring (bicyclic) bond motifs is 1. The summed E-state index contributed by atoms with van der Waals surface area (Å²) in [6.07, 6.45) is 4.53. The Labute approximate surface area is 161 Å². The van der Waals surface area contributed by atoms with E-state index < -0.39 is 0 Å². The number of benzene rings is 1. The predicted molar refractivity (Wildman–Crippen MR) is 103 cm³/mol. The molecular weight excluding hydrogens is 362 g/mol. The third kappa shape index (κ3) is 4.31. The third-order valence-electron chi connectivity index (χ3n) is 4.23. The van der Waals surface area contributed by atoms with Crippen LogP contribution in [-0.4, -0.2) is 27.9 Å². The lowest BCUT2D eigenvalue weighted by Crippen LogP contribution is -2.24. The summed E-state index contributed by atoms with van der Waals surface area (Å²) in [6, 6.07) is 11.6. The first-order valence-corrected chi connectivity index (χ1v) is 9.71. The summed E-state index contributed by atoms with van der Waals surface area (Å²) in [5.41, 5.74) is 2.83. The lowest BCUT2D eigenvalue weighted by Gasteiger charge is -2.03. The highest BCUT2D eigenvalue weighted by Crippen LogP contribution is 2.33. The molecular formula is C20H19N3O3S. The number of nitrogens with one attached hydrogen (secondary N) is 1. The summed E-state index contributed by atoms with van der Waals surface area (Å²) in [5.74, 6) is 1.92. The second-order valence-electron chi connectivity index (χ2n) is 6.39. The fraction of sp³-hybridized carbons (Fsp3) is 0.250. The van der Waals surface area contributed by atoms with Gasteiger partial charge in [0.15, 0.2) is 5.76 Å². The van der Waals surface area contributed by atoms with E-state index in [9.17, 15) is 4.79 Å². The Kier molecular flexibility index (Phi) is 5.11. The molecule has 3 heterocycles. The average molecular weight is 381 g/mol. The number of ether oxygens (including phenoxy) is 1. The van der Waals surface area contributed by atoms with E-state index in [1.807, 2.05) is 30.3 Å². The SMILES string of the molecule is C[C@@H]1Cc2cc(-c3cc(CNC(=O)CSc4ccncc4)no3)ccc2O1. The minimum absolute atomic E-state index is 0.0509. The number of hydrogen-bond donors (Lipinski definition) is 1. The second kappa shape index (κ2) is 7.84. The van der Waals surface area contributed by atoms with E-state index in [0.717, 1.165) is 22.6 Å². The molecule has 0 aliphatic carbocycles. The second-order valence-corrected chi connectivity index (χ2v) is 7.43. The van der Waals surface area contributed by atoms with Crippen LogP contribution in [-0.2, 0) is 17.8 Å². The Hall–Kier alpha value is -2.80. The third-order valence-corrected chi connectivity index (χ3v) is 5.24. The van der Waals surface area contributed by atoms with Crippen molar-refractivity contribution >= 4 is 17.7 Å². The molecule has 1 amide bonds. The highest BCUT2D eigenvalue weighted by molar-refractivity contribution is 8.00. The molecule has 138 valence electrons. The van der Waals surface area contributed by atoms with Crippen molar-refractivity contribution in [2.45, 2.75) is 30.9 Å². The van der Waals surface area contributed by atoms with Gasteiger partial charge in [0.05, 0.1) is 12.3 Å². The lowest BCUT2D eigenvalue weighted by molar-refractivity contribution is -0.118. The number of pyridine rings is 1. The van der Waals surface area contributed by atoms with Gasteiger partial charge in [-0.1, -0.05) is 5.16 Å². The fourth-order valence-corrected chi connectivity index (χ4v) is 3.64. The van der Waals surface area contributed by atoms with Crippen LogP contribution in [0.4, 0.5) is 0 Å². The molecule has 4 rings (SSSR count). The van der Waals surface area contributed by atoms with E-state index in [1.54, 1.807) is 12.4 Å². The number of aromatic nitrogens is 2. The summed E-state index contributed by atoms with van der Waals surface area (Å²) in [7, 11) is 0. The number of nitrogens with zero attached hydrogens (tertiary/aromatic N) is 2. The number of thioether (sulfide) groups is 1. The van der Waals surface area contributed by atoms with Crippen molar-refractivity contribution in [2.24, 2.45) is 0 Å². The number of amides is 1. The maximum absolute atomic E-state index is 12.0. The fourth-order valence-electron chi connectivity index (χ4n) is 2.93. The normalized spacial score (nSPS) is 15.2. The van der Waals surface area contributed by atoms with Gasteiger partial charge in [-0.25, -0.2) is 0 Å². The monoisotopic (exact) mass is 381 g/mol. The number of hydrogen-bond acceptors (Lipinski definition) is 6. The van der Waals surface area contributed by atoms with Crippen LogP contribution in [0, 0.1) is 0 Å². The maximum Gasteiger partial charge on any atom is 0.230 e. The van der Waals surface area contributed by atoms with Gasteiger partial charge in [0.25, 0.3) is 0 Å². The molecule has 0 spiro atoms. The number of carbonyl (C=O) groups is 1. The van der Waals surface area contributed by atoms with Gasteiger partial charge in [-0.3, -0.25) is 9.78 Å². The van der Waals surface area contributed by atoms with Gasteiger partial charge in [0, 0.05) is 35.3 Å². The minimum Gasteiger partial charge on any atom is -0.490 e. The van der Waals surface area contributed by atoms with Gasteiger partial charge in [0.2, 0.25) is 5.91 Å². The van der Waals surface area contributed by atoms with Crippen LogP contribution >= 0.6 is 11.8 Å². The smallest absolute Gasteiger partial charge is 0.230 e. The zero-order chi connectivity index (χ0) is 18.6. The van der Waals surface area contributed by atoms with E-state index >= 15 is 0 Å². The molecule has 1 aromatic carbocycles. The molecule has 1 aliphatic heterocycles.